The number of rotatable bonds is 24. The Morgan fingerprint density at radius 2 is 1.02 bits per heavy atom. The van der Waals surface area contributed by atoms with E-state index in [9.17, 15) is 24.0 Å². The topological polar surface area (TPSA) is 205 Å². The van der Waals surface area contributed by atoms with Gasteiger partial charge in [-0.2, -0.15) is 0 Å². The summed E-state index contributed by atoms with van der Waals surface area (Å²) in [5.74, 6) is -5.19. The van der Waals surface area contributed by atoms with Crippen molar-refractivity contribution in [1.29, 1.82) is 0 Å². The monoisotopic (exact) mass is 571 g/mol. The molecule has 0 rings (SSSR count). The number of aliphatic carboxylic acids is 2. The van der Waals surface area contributed by atoms with Gasteiger partial charge in [0, 0.05) is 32.6 Å². The number of nitrogens with zero attached hydrogens (tertiary/aromatic N) is 1. The molecule has 0 saturated carbocycles. The molecule has 0 aromatic heterocycles. The predicted octanol–water partition coefficient (Wildman–Crippen LogP) is 1.84. The molecule has 0 aromatic rings. The zero-order valence-corrected chi connectivity index (χ0v) is 24.7. The lowest BCUT2D eigenvalue weighted by atomic mass is 10.0. The van der Waals surface area contributed by atoms with Crippen LogP contribution in [0.5, 0.6) is 0 Å². The van der Waals surface area contributed by atoms with E-state index in [4.69, 9.17) is 21.7 Å². The summed E-state index contributed by atoms with van der Waals surface area (Å²) < 4.78 is 0. The highest BCUT2D eigenvalue weighted by molar-refractivity contribution is 5.86. The molecule has 12 heteroatoms. The van der Waals surface area contributed by atoms with Gasteiger partial charge in [-0.1, -0.05) is 72.1 Å². The number of nitrogens with one attached hydrogen (secondary N) is 2. The zero-order valence-electron chi connectivity index (χ0n) is 24.7. The lowest BCUT2D eigenvalue weighted by Crippen LogP contribution is -2.45. The van der Waals surface area contributed by atoms with Crippen LogP contribution >= 0.6 is 0 Å². The van der Waals surface area contributed by atoms with E-state index in [1.165, 1.54) is 52.4 Å². The molecule has 0 spiro atoms. The molecular formula is C28H53N5O7. The molecule has 8 N–H and O–H groups in total. The highest BCUT2D eigenvalue weighted by Crippen LogP contribution is 2.12. The third kappa shape index (κ3) is 16.4. The molecule has 40 heavy (non-hydrogen) atoms. The first-order valence-electron chi connectivity index (χ1n) is 14.7. The summed E-state index contributed by atoms with van der Waals surface area (Å²) >= 11 is 0. The van der Waals surface area contributed by atoms with Crippen LogP contribution in [0.25, 0.3) is 0 Å². The second-order valence-electron chi connectivity index (χ2n) is 10.6. The summed E-state index contributed by atoms with van der Waals surface area (Å²) in [6.45, 7) is 6.41. The average Bonchev–Trinajstić information content (AvgIpc) is 2.92. The number of carboxylic acids is 2. The van der Waals surface area contributed by atoms with Crippen LogP contribution in [0.2, 0.25) is 0 Å². The van der Waals surface area contributed by atoms with Gasteiger partial charge in [0.2, 0.25) is 17.7 Å². The molecule has 0 aliphatic rings. The van der Waals surface area contributed by atoms with Crippen molar-refractivity contribution in [2.75, 3.05) is 26.2 Å². The molecule has 0 aromatic carbocycles. The van der Waals surface area contributed by atoms with Gasteiger partial charge in [0.25, 0.3) is 0 Å². The highest BCUT2D eigenvalue weighted by Gasteiger charge is 2.27. The van der Waals surface area contributed by atoms with Crippen LogP contribution in [0, 0.1) is 11.8 Å². The van der Waals surface area contributed by atoms with Crippen molar-refractivity contribution in [2.24, 2.45) is 23.3 Å². The number of carbonyl (C=O) groups is 5. The number of nitrogens with two attached hydrogens (primary N) is 2. The van der Waals surface area contributed by atoms with Crippen molar-refractivity contribution in [1.82, 2.24) is 15.5 Å². The first-order valence-corrected chi connectivity index (χ1v) is 14.7. The Bertz CT molecular complexity index is 734. The fourth-order valence-corrected chi connectivity index (χ4v) is 4.15. The molecule has 0 fully saturated rings. The van der Waals surface area contributed by atoms with Crippen LogP contribution in [0.3, 0.4) is 0 Å². The molecule has 0 radical (unpaired) electrons. The Morgan fingerprint density at radius 3 is 1.40 bits per heavy atom. The van der Waals surface area contributed by atoms with Crippen molar-refractivity contribution in [2.45, 2.75) is 110 Å². The quantitative estimate of drug-likeness (QED) is 0.0933. The van der Waals surface area contributed by atoms with Gasteiger partial charge in [-0.25, -0.2) is 0 Å². The molecule has 0 aliphatic heterocycles. The minimum absolute atomic E-state index is 0.00290. The lowest BCUT2D eigenvalue weighted by molar-refractivity contribution is -0.143. The first-order chi connectivity index (χ1) is 18.9. The number of hydrogen-bond acceptors (Lipinski definition) is 7. The summed E-state index contributed by atoms with van der Waals surface area (Å²) in [7, 11) is 0. The molecule has 0 saturated heterocycles. The van der Waals surface area contributed by atoms with Crippen molar-refractivity contribution < 1.29 is 34.2 Å². The molecule has 2 unspecified atom stereocenters. The van der Waals surface area contributed by atoms with E-state index in [2.05, 4.69) is 17.6 Å². The van der Waals surface area contributed by atoms with Gasteiger partial charge in [-0.3, -0.25) is 24.0 Å². The Hall–Kier alpha value is -2.73. The number of hydrogen-bond donors (Lipinski definition) is 6. The maximum atomic E-state index is 12.9. The largest absolute Gasteiger partial charge is 0.480 e. The second kappa shape index (κ2) is 22.0. The van der Waals surface area contributed by atoms with E-state index < -0.39 is 47.7 Å². The van der Waals surface area contributed by atoms with Crippen molar-refractivity contribution in [3.8, 4) is 0 Å². The van der Waals surface area contributed by atoms with Gasteiger partial charge in [-0.15, -0.1) is 0 Å². The van der Waals surface area contributed by atoms with Gasteiger partial charge >= 0.3 is 11.9 Å². The van der Waals surface area contributed by atoms with E-state index >= 15 is 0 Å². The Balaban J connectivity index is 4.68. The summed E-state index contributed by atoms with van der Waals surface area (Å²) in [6, 6.07) is -2.59. The van der Waals surface area contributed by atoms with E-state index in [0.717, 1.165) is 19.3 Å². The smallest absolute Gasteiger partial charge is 0.321 e. The fourth-order valence-electron chi connectivity index (χ4n) is 4.15. The van der Waals surface area contributed by atoms with E-state index in [1.807, 2.05) is 0 Å². The molecule has 232 valence electrons. The maximum Gasteiger partial charge on any atom is 0.321 e. The van der Waals surface area contributed by atoms with Crippen molar-refractivity contribution in [3.63, 3.8) is 0 Å². The van der Waals surface area contributed by atoms with Gasteiger partial charge in [0.1, 0.15) is 12.1 Å². The van der Waals surface area contributed by atoms with Gasteiger partial charge < -0.3 is 37.2 Å². The van der Waals surface area contributed by atoms with Gasteiger partial charge in [-0.05, 0) is 19.3 Å². The van der Waals surface area contributed by atoms with Crippen LogP contribution < -0.4 is 22.1 Å². The van der Waals surface area contributed by atoms with Crippen molar-refractivity contribution in [3.05, 3.63) is 0 Å². The first kappa shape index (κ1) is 37.3. The summed E-state index contributed by atoms with van der Waals surface area (Å²) in [5.41, 5.74) is 11.0. The lowest BCUT2D eigenvalue weighted by Gasteiger charge is -2.24. The zero-order chi connectivity index (χ0) is 30.5. The van der Waals surface area contributed by atoms with Crippen LogP contribution in [-0.4, -0.2) is 83.0 Å². The standard InChI is InChI=1S/C28H53N5O7/c1-4-5-6-7-8-9-10-11-12-15-22(34)33(18-13-16-31-25(35)20(2)23(29)27(37)38)19-14-17-32-26(36)21(3)24(30)28(39)40/h20-21,23-24H,4-19,29-30H2,1-3H3,(H,31,35)(H,32,36)(H,37,38)(H,39,40)/t20?,21?,23-,24-/m0/s1. The molecule has 4 atom stereocenters. The summed E-state index contributed by atoms with van der Waals surface area (Å²) in [6.07, 6.45) is 11.7. The molecule has 0 aliphatic carbocycles. The predicted molar refractivity (Wildman–Crippen MR) is 153 cm³/mol. The van der Waals surface area contributed by atoms with E-state index in [1.54, 1.807) is 4.90 Å². The average molecular weight is 572 g/mol. The number of carboxylic acid groups (broad SMARTS) is 2. The van der Waals surface area contributed by atoms with Crippen LogP contribution in [-0.2, 0) is 24.0 Å². The number of carbonyl (C=O) groups excluding carboxylic acids is 3. The molecule has 0 heterocycles. The van der Waals surface area contributed by atoms with Crippen LogP contribution in [0.1, 0.15) is 97.8 Å². The third-order valence-electron chi connectivity index (χ3n) is 7.13. The SMILES string of the molecule is CCCCCCCCCCCC(=O)N(CCCNC(=O)C(C)[C@H](N)C(=O)O)CCCNC(=O)C(C)[C@H](N)C(=O)O. The normalized spacial score (nSPS) is 14.0. The summed E-state index contributed by atoms with van der Waals surface area (Å²) in [5, 5.41) is 23.3. The Labute approximate surface area is 239 Å². The van der Waals surface area contributed by atoms with Crippen molar-refractivity contribution >= 4 is 29.7 Å². The van der Waals surface area contributed by atoms with Gasteiger partial charge in [0.15, 0.2) is 0 Å². The van der Waals surface area contributed by atoms with E-state index in [-0.39, 0.29) is 19.0 Å². The minimum Gasteiger partial charge on any atom is -0.480 e. The van der Waals surface area contributed by atoms with E-state index in [0.29, 0.717) is 32.4 Å². The molecule has 0 bridgehead atoms. The second-order valence-corrected chi connectivity index (χ2v) is 10.6. The van der Waals surface area contributed by atoms with Crippen LogP contribution in [0.4, 0.5) is 0 Å². The Kier molecular flexibility index (Phi) is 20.5. The molecule has 12 nitrogen and oxygen atoms in total. The maximum absolute atomic E-state index is 12.9. The Morgan fingerprint density at radius 1 is 0.650 bits per heavy atom. The summed E-state index contributed by atoms with van der Waals surface area (Å²) in [4.78, 5) is 61.0. The van der Waals surface area contributed by atoms with Crippen LogP contribution in [0.15, 0.2) is 0 Å². The molecular weight excluding hydrogens is 518 g/mol. The minimum atomic E-state index is -1.29. The number of amides is 3. The third-order valence-corrected chi connectivity index (χ3v) is 7.13. The number of unbranched alkanes of at least 4 members (excludes halogenated alkanes) is 8. The highest BCUT2D eigenvalue weighted by atomic mass is 16.4. The molecule has 3 amide bonds. The fraction of sp³-hybridized carbons (Fsp3) is 0.821. The van der Waals surface area contributed by atoms with Gasteiger partial charge in [0.05, 0.1) is 11.8 Å².